The van der Waals surface area contributed by atoms with Crippen molar-refractivity contribution in [3.05, 3.63) is 23.8 Å². The fourth-order valence-electron chi connectivity index (χ4n) is 2.57. The van der Waals surface area contributed by atoms with E-state index in [2.05, 4.69) is 5.32 Å². The molecule has 22 heavy (non-hydrogen) atoms. The Kier molecular flexibility index (Phi) is 6.07. The summed E-state index contributed by atoms with van der Waals surface area (Å²) in [5.74, 6) is 1.14. The molecule has 2 rings (SSSR count). The largest absolute Gasteiger partial charge is 0.490 e. The van der Waals surface area contributed by atoms with E-state index in [9.17, 15) is 4.79 Å². The van der Waals surface area contributed by atoms with E-state index in [1.54, 1.807) is 18.2 Å². The third-order valence-corrected chi connectivity index (χ3v) is 3.69. The molecule has 1 N–H and O–H groups in total. The first-order valence-corrected chi connectivity index (χ1v) is 7.97. The second-order valence-electron chi connectivity index (χ2n) is 5.34. The summed E-state index contributed by atoms with van der Waals surface area (Å²) in [6, 6.07) is 5.26. The highest BCUT2D eigenvalue weighted by Gasteiger charge is 2.24. The molecule has 1 fully saturated rings. The summed E-state index contributed by atoms with van der Waals surface area (Å²) < 4.78 is 16.7. The molecule has 0 aromatic heterocycles. The zero-order valence-corrected chi connectivity index (χ0v) is 13.6. The molecule has 0 aliphatic carbocycles. The molecule has 0 unspecified atom stereocenters. The maximum atomic E-state index is 12.4. The highest BCUT2D eigenvalue weighted by Crippen LogP contribution is 2.28. The van der Waals surface area contributed by atoms with Crippen molar-refractivity contribution >= 4 is 5.91 Å². The summed E-state index contributed by atoms with van der Waals surface area (Å²) in [6.45, 7) is 7.66. The number of hydrogen-bond donors (Lipinski definition) is 1. The third kappa shape index (κ3) is 4.13. The first-order chi connectivity index (χ1) is 10.7. The van der Waals surface area contributed by atoms with Gasteiger partial charge in [0.15, 0.2) is 11.5 Å². The maximum Gasteiger partial charge on any atom is 0.251 e. The van der Waals surface area contributed by atoms with Crippen molar-refractivity contribution in [3.63, 3.8) is 0 Å². The number of hydrogen-bond acceptors (Lipinski definition) is 4. The highest BCUT2D eigenvalue weighted by molar-refractivity contribution is 5.95. The van der Waals surface area contributed by atoms with Crippen molar-refractivity contribution in [3.8, 4) is 11.5 Å². The molecule has 1 aromatic carbocycles. The summed E-state index contributed by atoms with van der Waals surface area (Å²) in [6.07, 6.45) is 2.16. The Morgan fingerprint density at radius 1 is 1.32 bits per heavy atom. The fourth-order valence-corrected chi connectivity index (χ4v) is 2.57. The van der Waals surface area contributed by atoms with E-state index < -0.39 is 0 Å². The Morgan fingerprint density at radius 2 is 2.05 bits per heavy atom. The molecule has 5 nitrogen and oxygen atoms in total. The predicted octanol–water partition coefficient (Wildman–Crippen LogP) is 2.78. The molecule has 1 aliphatic heterocycles. The van der Waals surface area contributed by atoms with Gasteiger partial charge in [0, 0.05) is 12.2 Å². The van der Waals surface area contributed by atoms with Crippen molar-refractivity contribution in [1.82, 2.24) is 5.32 Å². The first kappa shape index (κ1) is 16.6. The molecule has 122 valence electrons. The number of amides is 1. The lowest BCUT2D eigenvalue weighted by Gasteiger charge is -2.20. The molecular formula is C17H25NO4. The second-order valence-corrected chi connectivity index (χ2v) is 5.34. The van der Waals surface area contributed by atoms with Gasteiger partial charge < -0.3 is 19.5 Å². The van der Waals surface area contributed by atoms with Crippen LogP contribution in [0.5, 0.6) is 11.5 Å². The van der Waals surface area contributed by atoms with Gasteiger partial charge in [0.05, 0.1) is 25.4 Å². The average molecular weight is 307 g/mol. The Bertz CT molecular complexity index is 497. The lowest BCUT2D eigenvalue weighted by Crippen LogP contribution is -2.40. The fraction of sp³-hybridized carbons (Fsp3) is 0.588. The smallest absolute Gasteiger partial charge is 0.251 e. The van der Waals surface area contributed by atoms with Crippen LogP contribution in [0.4, 0.5) is 0 Å². The van der Waals surface area contributed by atoms with Crippen LogP contribution in [0.3, 0.4) is 0 Å². The van der Waals surface area contributed by atoms with Gasteiger partial charge in [-0.2, -0.15) is 0 Å². The number of nitrogens with one attached hydrogen (secondary N) is 1. The Hall–Kier alpha value is -1.75. The maximum absolute atomic E-state index is 12.4. The summed E-state index contributed by atoms with van der Waals surface area (Å²) in [7, 11) is 0. The van der Waals surface area contributed by atoms with Crippen molar-refractivity contribution < 1.29 is 19.0 Å². The summed E-state index contributed by atoms with van der Waals surface area (Å²) >= 11 is 0. The van der Waals surface area contributed by atoms with E-state index in [0.29, 0.717) is 30.3 Å². The van der Waals surface area contributed by atoms with Crippen molar-refractivity contribution in [2.24, 2.45) is 0 Å². The minimum absolute atomic E-state index is 0.00267. The van der Waals surface area contributed by atoms with Gasteiger partial charge in [0.25, 0.3) is 5.91 Å². The van der Waals surface area contributed by atoms with Crippen LogP contribution in [0.15, 0.2) is 18.2 Å². The summed E-state index contributed by atoms with van der Waals surface area (Å²) in [4.78, 5) is 12.4. The normalized spacial score (nSPS) is 18.8. The van der Waals surface area contributed by atoms with Crippen LogP contribution in [0, 0.1) is 0 Å². The minimum Gasteiger partial charge on any atom is -0.490 e. The number of benzene rings is 1. The molecule has 5 heteroatoms. The minimum atomic E-state index is -0.119. The van der Waals surface area contributed by atoms with Gasteiger partial charge in [-0.15, -0.1) is 0 Å². The number of rotatable bonds is 7. The van der Waals surface area contributed by atoms with Crippen LogP contribution in [0.25, 0.3) is 0 Å². The Balaban J connectivity index is 2.06. The van der Waals surface area contributed by atoms with E-state index in [1.165, 1.54) is 0 Å². The standard InChI is InChI=1S/C17H25NO4/c1-4-20-15-9-8-13(11-16(15)21-5-2)17(19)18-12(3)14-7-6-10-22-14/h8-9,11-12,14H,4-7,10H2,1-3H3,(H,18,19)/t12-,14-/m0/s1. The van der Waals surface area contributed by atoms with Gasteiger partial charge in [-0.25, -0.2) is 0 Å². The Labute approximate surface area is 131 Å². The second kappa shape index (κ2) is 8.03. The molecule has 0 radical (unpaired) electrons. The van der Waals surface area contributed by atoms with E-state index >= 15 is 0 Å². The van der Waals surface area contributed by atoms with Gasteiger partial charge in [-0.1, -0.05) is 0 Å². The van der Waals surface area contributed by atoms with Crippen molar-refractivity contribution in [2.45, 2.75) is 45.8 Å². The Morgan fingerprint density at radius 3 is 2.68 bits per heavy atom. The molecule has 0 saturated carbocycles. The molecule has 1 aliphatic rings. The monoisotopic (exact) mass is 307 g/mol. The van der Waals surface area contributed by atoms with E-state index in [0.717, 1.165) is 19.4 Å². The zero-order valence-electron chi connectivity index (χ0n) is 13.6. The van der Waals surface area contributed by atoms with Crippen LogP contribution in [-0.4, -0.2) is 37.9 Å². The average Bonchev–Trinajstić information content (AvgIpc) is 3.04. The van der Waals surface area contributed by atoms with Crippen molar-refractivity contribution in [1.29, 1.82) is 0 Å². The molecule has 1 amide bonds. The van der Waals surface area contributed by atoms with Gasteiger partial charge in [-0.05, 0) is 51.8 Å². The summed E-state index contributed by atoms with van der Waals surface area (Å²) in [5, 5.41) is 3.00. The number of carbonyl (C=O) groups is 1. The van der Waals surface area contributed by atoms with Gasteiger partial charge >= 0.3 is 0 Å². The number of ether oxygens (including phenoxy) is 3. The van der Waals surface area contributed by atoms with Crippen LogP contribution in [-0.2, 0) is 4.74 Å². The lowest BCUT2D eigenvalue weighted by molar-refractivity contribution is 0.0712. The molecule has 2 atom stereocenters. The first-order valence-electron chi connectivity index (χ1n) is 7.97. The van der Waals surface area contributed by atoms with Crippen LogP contribution in [0.2, 0.25) is 0 Å². The SMILES string of the molecule is CCOc1ccc(C(=O)N[C@@H](C)[C@@H]2CCCO2)cc1OCC. The quantitative estimate of drug-likeness (QED) is 0.841. The molecule has 1 heterocycles. The topological polar surface area (TPSA) is 56.8 Å². The van der Waals surface area contributed by atoms with Gasteiger partial charge in [-0.3, -0.25) is 4.79 Å². The predicted molar refractivity (Wildman–Crippen MR) is 84.7 cm³/mol. The molecule has 0 bridgehead atoms. The lowest BCUT2D eigenvalue weighted by atomic mass is 10.1. The number of carbonyl (C=O) groups excluding carboxylic acids is 1. The van der Waals surface area contributed by atoms with E-state index in [1.807, 2.05) is 20.8 Å². The van der Waals surface area contributed by atoms with Gasteiger partial charge in [0.1, 0.15) is 0 Å². The van der Waals surface area contributed by atoms with E-state index in [4.69, 9.17) is 14.2 Å². The van der Waals surface area contributed by atoms with Crippen LogP contribution in [0.1, 0.15) is 44.0 Å². The molecular weight excluding hydrogens is 282 g/mol. The molecule has 0 spiro atoms. The van der Waals surface area contributed by atoms with Gasteiger partial charge in [0.2, 0.25) is 0 Å². The van der Waals surface area contributed by atoms with E-state index in [-0.39, 0.29) is 18.1 Å². The molecule has 1 aromatic rings. The van der Waals surface area contributed by atoms with Crippen LogP contribution < -0.4 is 14.8 Å². The molecule has 1 saturated heterocycles. The third-order valence-electron chi connectivity index (χ3n) is 3.69. The summed E-state index contributed by atoms with van der Waals surface area (Å²) in [5.41, 5.74) is 0.566. The van der Waals surface area contributed by atoms with Crippen molar-refractivity contribution in [2.75, 3.05) is 19.8 Å². The van der Waals surface area contributed by atoms with Crippen LogP contribution >= 0.6 is 0 Å². The highest BCUT2D eigenvalue weighted by atomic mass is 16.5. The zero-order chi connectivity index (χ0) is 15.9.